The van der Waals surface area contributed by atoms with Crippen molar-refractivity contribution in [3.8, 4) is 33.6 Å². The predicted octanol–water partition coefficient (Wildman–Crippen LogP) is 14.7. The second-order valence-corrected chi connectivity index (χ2v) is 18.8. The van der Waals surface area contributed by atoms with Crippen molar-refractivity contribution in [1.29, 1.82) is 0 Å². The minimum atomic E-state index is -2.14. The summed E-state index contributed by atoms with van der Waals surface area (Å²) in [7, 11) is 0. The number of aromatic nitrogens is 3. The molecule has 8 rings (SSSR count). The molecule has 0 saturated heterocycles. The van der Waals surface area contributed by atoms with E-state index in [1.165, 1.54) is 12.3 Å². The summed E-state index contributed by atoms with van der Waals surface area (Å²) in [4.78, 5) is 14.2. The van der Waals surface area contributed by atoms with Crippen LogP contribution in [0, 0.1) is 43.7 Å². The molecule has 0 fully saturated rings. The number of thiazole rings is 1. The molecule has 6 heteroatoms. The van der Waals surface area contributed by atoms with Crippen molar-refractivity contribution in [3.63, 3.8) is 0 Å². The fourth-order valence-electron chi connectivity index (χ4n) is 6.89. The van der Waals surface area contributed by atoms with Crippen molar-refractivity contribution in [1.82, 2.24) is 15.0 Å². The molecule has 4 aromatic carbocycles. The molecule has 0 spiro atoms. The minimum absolute atomic E-state index is 0. The summed E-state index contributed by atoms with van der Waals surface area (Å²) < 4.78 is 64.6. The average molecular weight is 969 g/mol. The fourth-order valence-corrected chi connectivity index (χ4v) is 7.91. The van der Waals surface area contributed by atoms with Crippen LogP contribution in [-0.2, 0) is 38.3 Å². The number of nitrogens with zero attached hydrogens (tertiary/aromatic N) is 3. The third-order valence-electron chi connectivity index (χ3n) is 9.39. The Bertz CT molecular complexity index is 2990. The van der Waals surface area contributed by atoms with Gasteiger partial charge in [-0.2, -0.15) is 0 Å². The first kappa shape index (κ1) is 34.4. The molecule has 4 heterocycles. The maximum Gasteiger partial charge on any atom is 0.148 e. The first-order valence-electron chi connectivity index (χ1n) is 22.8. The van der Waals surface area contributed by atoms with Crippen LogP contribution in [0.5, 0.6) is 0 Å². The number of fused-ring (bicyclic) bond motifs is 5. The maximum atomic E-state index is 9.15. The molecule has 58 heavy (non-hydrogen) atoms. The fraction of sp³-hybridized carbons (Fsp3) is 0.327. The predicted molar refractivity (Wildman–Crippen MR) is 242 cm³/mol. The third kappa shape index (κ3) is 9.52. The molecule has 301 valence electrons. The van der Waals surface area contributed by atoms with Crippen molar-refractivity contribution in [2.45, 2.75) is 101 Å². The second-order valence-electron chi connectivity index (χ2n) is 17.8. The van der Waals surface area contributed by atoms with Gasteiger partial charge in [0.25, 0.3) is 0 Å². The first-order chi connectivity index (χ1) is 29.6. The van der Waals surface area contributed by atoms with Crippen molar-refractivity contribution in [2.24, 2.45) is 10.8 Å². The molecular formula is C52H55IrN3OS-2. The van der Waals surface area contributed by atoms with Gasteiger partial charge >= 0.3 is 0 Å². The monoisotopic (exact) mass is 969 g/mol. The van der Waals surface area contributed by atoms with Gasteiger partial charge in [-0.1, -0.05) is 123 Å². The molecule has 0 unspecified atom stereocenters. The molecule has 0 aliphatic heterocycles. The summed E-state index contributed by atoms with van der Waals surface area (Å²) in [6.45, 7) is 19.9. The summed E-state index contributed by atoms with van der Waals surface area (Å²) in [6, 6.07) is 30.9. The number of aryl methyl sites for hydroxylation is 3. The maximum absolute atomic E-state index is 9.15. The van der Waals surface area contributed by atoms with Gasteiger partial charge in [0, 0.05) is 52.9 Å². The summed E-state index contributed by atoms with van der Waals surface area (Å²) >= 11 is 1.71. The van der Waals surface area contributed by atoms with Crippen LogP contribution in [0.25, 0.3) is 65.8 Å². The van der Waals surface area contributed by atoms with Gasteiger partial charge in [0.15, 0.2) is 0 Å². The molecule has 4 aromatic heterocycles. The third-order valence-corrected chi connectivity index (χ3v) is 10.8. The molecule has 0 amide bonds. The summed E-state index contributed by atoms with van der Waals surface area (Å²) in [5.41, 5.74) is 9.37. The quantitative estimate of drug-likeness (QED) is 0.161. The Hall–Kier alpha value is -4.48. The van der Waals surface area contributed by atoms with Crippen LogP contribution < -0.4 is 0 Å². The molecule has 0 N–H and O–H groups in total. The Morgan fingerprint density at radius 1 is 0.759 bits per heavy atom. The van der Waals surface area contributed by atoms with Crippen molar-refractivity contribution < 1.29 is 34.1 Å². The van der Waals surface area contributed by atoms with Gasteiger partial charge in [0.2, 0.25) is 0 Å². The Morgan fingerprint density at radius 2 is 1.47 bits per heavy atom. The molecule has 0 bridgehead atoms. The average Bonchev–Trinajstić information content (AvgIpc) is 3.83. The van der Waals surface area contributed by atoms with E-state index in [-0.39, 0.29) is 31.1 Å². The van der Waals surface area contributed by atoms with Crippen molar-refractivity contribution >= 4 is 43.5 Å². The summed E-state index contributed by atoms with van der Waals surface area (Å²) in [5.74, 6) is 0. The molecule has 0 aliphatic rings. The number of pyridine rings is 2. The van der Waals surface area contributed by atoms with Crippen LogP contribution in [0.15, 0.2) is 95.7 Å². The number of rotatable bonds is 5. The SMILES string of the molecule is [2H]C([2H])([2H])c1c[c-]c(-c2ccc(C([2H])([2H])C(C)(C)C)cn2)cc1.[2H]C([2H])(c1cnc(-c2[c-]ccc3c2oc2c3ccc3sc(C(C)(C)C)nc32)cc1-c1c(C)cccc1C)C(C)(C)C.[Ir]. The molecule has 0 saturated carbocycles. The van der Waals surface area contributed by atoms with E-state index in [1.54, 1.807) is 41.8 Å². The first-order valence-corrected chi connectivity index (χ1v) is 20.2. The molecule has 0 aliphatic carbocycles. The normalized spacial score (nSPS) is 14.6. The standard InChI is InChI=1S/C35H35N2OS.C17H20N.Ir/c1-20-11-9-12-21(2)29(20)26-17-27(36-19-22(26)18-34(3,4)5)25-14-10-13-23-24-15-16-28-30(32(24)38-31(23)25)37-33(39-28)35(6,7)8;1-13-5-8-15(9-6-13)16-10-7-14(12-18-16)11-17(2,3)4;/h9-13,15-17,19H,18H2,1-8H3;5-8,10,12H,11H2,1-4H3;/q2*-1;/i18D2;1D3,11D2;. The van der Waals surface area contributed by atoms with Gasteiger partial charge in [-0.15, -0.1) is 64.9 Å². The molecule has 8 aromatic rings. The van der Waals surface area contributed by atoms with Crippen LogP contribution in [0.3, 0.4) is 0 Å². The molecule has 0 atom stereocenters. The van der Waals surface area contributed by atoms with E-state index >= 15 is 0 Å². The van der Waals surface area contributed by atoms with Crippen LogP contribution in [-0.4, -0.2) is 15.0 Å². The van der Waals surface area contributed by atoms with Crippen molar-refractivity contribution in [2.75, 3.05) is 0 Å². The van der Waals surface area contributed by atoms with Gasteiger partial charge < -0.3 is 14.4 Å². The van der Waals surface area contributed by atoms with Gasteiger partial charge in [-0.25, -0.2) is 4.98 Å². The van der Waals surface area contributed by atoms with E-state index in [1.807, 2.05) is 65.8 Å². The van der Waals surface area contributed by atoms with E-state index in [2.05, 4.69) is 76.0 Å². The number of hydrogen-bond donors (Lipinski definition) is 0. The second kappa shape index (κ2) is 16.6. The van der Waals surface area contributed by atoms with Crippen LogP contribution in [0.1, 0.15) is 105 Å². The number of hydrogen-bond acceptors (Lipinski definition) is 5. The van der Waals surface area contributed by atoms with Crippen LogP contribution in [0.4, 0.5) is 0 Å². The molecule has 4 nitrogen and oxygen atoms in total. The zero-order valence-electron chi connectivity index (χ0n) is 42.2. The molecule has 1 radical (unpaired) electrons. The largest absolute Gasteiger partial charge is 0.498 e. The Morgan fingerprint density at radius 3 is 2.09 bits per heavy atom. The minimum Gasteiger partial charge on any atom is -0.498 e. The van der Waals surface area contributed by atoms with Gasteiger partial charge in [-0.05, 0) is 88.3 Å². The topological polar surface area (TPSA) is 51.8 Å². The Balaban J connectivity index is 0.000000249. The summed E-state index contributed by atoms with van der Waals surface area (Å²) in [6.07, 6.45) is 0.142. The smallest absolute Gasteiger partial charge is 0.148 e. The van der Waals surface area contributed by atoms with E-state index in [4.69, 9.17) is 24.0 Å². The van der Waals surface area contributed by atoms with E-state index in [0.29, 0.717) is 33.7 Å². The van der Waals surface area contributed by atoms with Gasteiger partial charge in [0.05, 0.1) is 15.3 Å². The van der Waals surface area contributed by atoms with Crippen molar-refractivity contribution in [3.05, 3.63) is 136 Å². The van der Waals surface area contributed by atoms with Crippen LogP contribution >= 0.6 is 11.3 Å². The number of furan rings is 1. The van der Waals surface area contributed by atoms with Gasteiger partial charge in [-0.3, -0.25) is 0 Å². The van der Waals surface area contributed by atoms with E-state index in [9.17, 15) is 0 Å². The summed E-state index contributed by atoms with van der Waals surface area (Å²) in [5, 5.41) is 3.09. The zero-order chi connectivity index (χ0) is 46.9. The van der Waals surface area contributed by atoms with Gasteiger partial charge in [0.1, 0.15) is 11.1 Å². The van der Waals surface area contributed by atoms with E-state index < -0.39 is 30.4 Å². The van der Waals surface area contributed by atoms with E-state index in [0.717, 1.165) is 59.4 Å². The molecular weight excluding hydrogens is 907 g/mol. The van der Waals surface area contributed by atoms with Crippen LogP contribution in [0.2, 0.25) is 0 Å². The zero-order valence-corrected chi connectivity index (χ0v) is 38.4. The number of benzene rings is 4. The Kier molecular flexibility index (Phi) is 9.87. The Labute approximate surface area is 372 Å².